The van der Waals surface area contributed by atoms with Crippen LogP contribution in [-0.4, -0.2) is 6.29 Å². The third-order valence-electron chi connectivity index (χ3n) is 1.40. The maximum atomic E-state index is 10.3. The van der Waals surface area contributed by atoms with Crippen molar-refractivity contribution in [3.63, 3.8) is 0 Å². The first-order chi connectivity index (χ1) is 5.76. The molecule has 0 saturated heterocycles. The SMILES string of the molecule is C/C=C(C=O)\C(C)=C/CC.CC. The van der Waals surface area contributed by atoms with Crippen molar-refractivity contribution >= 4 is 6.29 Å². The second-order valence-electron chi connectivity index (χ2n) is 2.16. The summed E-state index contributed by atoms with van der Waals surface area (Å²) >= 11 is 0. The van der Waals surface area contributed by atoms with Gasteiger partial charge in [-0.1, -0.05) is 32.9 Å². The van der Waals surface area contributed by atoms with Crippen LogP contribution < -0.4 is 0 Å². The van der Waals surface area contributed by atoms with Gasteiger partial charge in [-0.2, -0.15) is 0 Å². The van der Waals surface area contributed by atoms with E-state index in [2.05, 4.69) is 6.92 Å². The molecule has 0 rings (SSSR count). The molecule has 0 fully saturated rings. The number of carbonyl (C=O) groups is 1. The highest BCUT2D eigenvalue weighted by atomic mass is 16.1. The van der Waals surface area contributed by atoms with Crippen molar-refractivity contribution in [2.24, 2.45) is 0 Å². The maximum absolute atomic E-state index is 10.3. The highest BCUT2D eigenvalue weighted by Crippen LogP contribution is 2.06. The second-order valence-corrected chi connectivity index (χ2v) is 2.16. The average molecular weight is 168 g/mol. The van der Waals surface area contributed by atoms with E-state index in [1.165, 1.54) is 0 Å². The van der Waals surface area contributed by atoms with Crippen molar-refractivity contribution in [2.45, 2.75) is 41.0 Å². The Labute approximate surface area is 76.2 Å². The largest absolute Gasteiger partial charge is 0.298 e. The van der Waals surface area contributed by atoms with Gasteiger partial charge in [-0.05, 0) is 25.8 Å². The number of allylic oxidation sites excluding steroid dienone is 4. The molecule has 0 atom stereocenters. The summed E-state index contributed by atoms with van der Waals surface area (Å²) in [5, 5.41) is 0. The highest BCUT2D eigenvalue weighted by molar-refractivity contribution is 5.79. The van der Waals surface area contributed by atoms with Gasteiger partial charge in [0.1, 0.15) is 6.29 Å². The molecule has 70 valence electrons. The Hall–Kier alpha value is -0.850. The minimum absolute atomic E-state index is 0.793. The van der Waals surface area contributed by atoms with Crippen molar-refractivity contribution in [1.29, 1.82) is 0 Å². The number of carbonyl (C=O) groups excluding carboxylic acids is 1. The van der Waals surface area contributed by atoms with E-state index in [-0.39, 0.29) is 0 Å². The minimum atomic E-state index is 0.793. The molecular weight excluding hydrogens is 148 g/mol. The van der Waals surface area contributed by atoms with Gasteiger partial charge in [0.05, 0.1) is 0 Å². The van der Waals surface area contributed by atoms with Crippen LogP contribution in [0.15, 0.2) is 23.3 Å². The molecule has 0 N–H and O–H groups in total. The summed E-state index contributed by atoms with van der Waals surface area (Å²) in [6.45, 7) is 9.88. The smallest absolute Gasteiger partial charge is 0.149 e. The van der Waals surface area contributed by atoms with Crippen LogP contribution >= 0.6 is 0 Å². The maximum Gasteiger partial charge on any atom is 0.149 e. The summed E-state index contributed by atoms with van der Waals surface area (Å²) in [5.74, 6) is 0. The van der Waals surface area contributed by atoms with Gasteiger partial charge in [0.15, 0.2) is 0 Å². The molecule has 1 nitrogen and oxygen atoms in total. The molecule has 0 spiro atoms. The van der Waals surface area contributed by atoms with Crippen LogP contribution in [0.4, 0.5) is 0 Å². The first-order valence-electron chi connectivity index (χ1n) is 4.54. The third kappa shape index (κ3) is 5.90. The monoisotopic (exact) mass is 168 g/mol. The van der Waals surface area contributed by atoms with Gasteiger partial charge in [0.2, 0.25) is 0 Å². The standard InChI is InChI=1S/C9H14O.C2H6/c1-4-6-8(3)9(5-2)7-10;1-2/h5-7H,4H2,1-3H3;1-2H3/b8-6-,9-5-;. The molecular formula is C11H20O. The minimum Gasteiger partial charge on any atom is -0.298 e. The van der Waals surface area contributed by atoms with Crippen molar-refractivity contribution in [3.05, 3.63) is 23.3 Å². The first-order valence-corrected chi connectivity index (χ1v) is 4.54. The van der Waals surface area contributed by atoms with Crippen molar-refractivity contribution in [2.75, 3.05) is 0 Å². The van der Waals surface area contributed by atoms with E-state index in [9.17, 15) is 4.79 Å². The van der Waals surface area contributed by atoms with Crippen molar-refractivity contribution < 1.29 is 4.79 Å². The van der Waals surface area contributed by atoms with E-state index in [0.29, 0.717) is 0 Å². The molecule has 0 aromatic rings. The van der Waals surface area contributed by atoms with Crippen molar-refractivity contribution in [1.82, 2.24) is 0 Å². The molecule has 0 unspecified atom stereocenters. The summed E-state index contributed by atoms with van der Waals surface area (Å²) in [6.07, 6.45) is 5.75. The molecule has 0 radical (unpaired) electrons. The molecule has 0 aromatic carbocycles. The lowest BCUT2D eigenvalue weighted by atomic mass is 10.1. The van der Waals surface area contributed by atoms with Crippen LogP contribution in [0.5, 0.6) is 0 Å². The quantitative estimate of drug-likeness (QED) is 0.358. The fraction of sp³-hybridized carbons (Fsp3) is 0.545. The van der Waals surface area contributed by atoms with E-state index in [1.807, 2.05) is 39.8 Å². The van der Waals surface area contributed by atoms with Crippen LogP contribution in [0.2, 0.25) is 0 Å². The Kier molecular flexibility index (Phi) is 11.6. The van der Waals surface area contributed by atoms with E-state index in [1.54, 1.807) is 0 Å². The number of rotatable bonds is 3. The highest BCUT2D eigenvalue weighted by Gasteiger charge is 1.93. The van der Waals surface area contributed by atoms with Crippen LogP contribution in [0.25, 0.3) is 0 Å². The van der Waals surface area contributed by atoms with Gasteiger partial charge in [-0.3, -0.25) is 4.79 Å². The lowest BCUT2D eigenvalue weighted by Crippen LogP contribution is -1.85. The molecule has 0 aliphatic carbocycles. The Morgan fingerprint density at radius 1 is 1.33 bits per heavy atom. The van der Waals surface area contributed by atoms with E-state index in [4.69, 9.17) is 0 Å². The molecule has 1 heteroatoms. The van der Waals surface area contributed by atoms with Crippen LogP contribution in [0.1, 0.15) is 41.0 Å². The van der Waals surface area contributed by atoms with Crippen molar-refractivity contribution in [3.8, 4) is 0 Å². The van der Waals surface area contributed by atoms with E-state index >= 15 is 0 Å². The van der Waals surface area contributed by atoms with Gasteiger partial charge in [-0.25, -0.2) is 0 Å². The van der Waals surface area contributed by atoms with E-state index < -0.39 is 0 Å². The van der Waals surface area contributed by atoms with Gasteiger partial charge >= 0.3 is 0 Å². The summed E-state index contributed by atoms with van der Waals surface area (Å²) in [4.78, 5) is 10.3. The third-order valence-corrected chi connectivity index (χ3v) is 1.40. The molecule has 0 amide bonds. The number of hydrogen-bond acceptors (Lipinski definition) is 1. The topological polar surface area (TPSA) is 17.1 Å². The molecule has 0 heterocycles. The van der Waals surface area contributed by atoms with Crippen LogP contribution in [0.3, 0.4) is 0 Å². The zero-order valence-electron chi connectivity index (χ0n) is 8.85. The van der Waals surface area contributed by atoms with Gasteiger partial charge in [-0.15, -0.1) is 0 Å². The zero-order valence-corrected chi connectivity index (χ0v) is 8.85. The second kappa shape index (κ2) is 10.2. The summed E-state index contributed by atoms with van der Waals surface area (Å²) < 4.78 is 0. The number of aldehydes is 1. The molecule has 0 bridgehead atoms. The number of hydrogen-bond donors (Lipinski definition) is 0. The Balaban J connectivity index is 0. The summed E-state index contributed by atoms with van der Waals surface area (Å²) in [7, 11) is 0. The molecule has 12 heavy (non-hydrogen) atoms. The summed E-state index contributed by atoms with van der Waals surface area (Å²) in [5.41, 5.74) is 1.86. The fourth-order valence-corrected chi connectivity index (χ4v) is 0.813. The molecule has 0 aliphatic rings. The van der Waals surface area contributed by atoms with Crippen LogP contribution in [0, 0.1) is 0 Å². The Morgan fingerprint density at radius 3 is 2.08 bits per heavy atom. The summed E-state index contributed by atoms with van der Waals surface area (Å²) in [6, 6.07) is 0. The Bertz CT molecular complexity index is 164. The van der Waals surface area contributed by atoms with Gasteiger partial charge < -0.3 is 0 Å². The molecule has 0 saturated carbocycles. The average Bonchev–Trinajstić information content (AvgIpc) is 2.11. The zero-order chi connectivity index (χ0) is 9.98. The predicted octanol–water partition coefficient (Wildman–Crippen LogP) is 3.51. The lowest BCUT2D eigenvalue weighted by molar-refractivity contribution is -0.104. The fourth-order valence-electron chi connectivity index (χ4n) is 0.813. The van der Waals surface area contributed by atoms with Gasteiger partial charge in [0, 0.05) is 5.57 Å². The molecule has 0 aliphatic heterocycles. The first kappa shape index (κ1) is 13.7. The Morgan fingerprint density at radius 2 is 1.83 bits per heavy atom. The molecule has 0 aromatic heterocycles. The lowest BCUT2D eigenvalue weighted by Gasteiger charge is -1.95. The van der Waals surface area contributed by atoms with E-state index in [0.717, 1.165) is 23.9 Å². The normalized spacial score (nSPS) is 11.8. The van der Waals surface area contributed by atoms with Crippen LogP contribution in [-0.2, 0) is 4.79 Å². The van der Waals surface area contributed by atoms with Gasteiger partial charge in [0.25, 0.3) is 0 Å². The predicted molar refractivity (Wildman–Crippen MR) is 55.2 cm³/mol.